The number of aromatic nitrogens is 1. The molecule has 7 heteroatoms. The molecule has 5 nitrogen and oxygen atoms in total. The highest BCUT2D eigenvalue weighted by molar-refractivity contribution is 6.30. The van der Waals surface area contributed by atoms with Gasteiger partial charge in [-0.2, -0.15) is 0 Å². The lowest BCUT2D eigenvalue weighted by atomic mass is 10.2. The van der Waals surface area contributed by atoms with E-state index in [1.54, 1.807) is 41.4 Å². The van der Waals surface area contributed by atoms with E-state index in [4.69, 9.17) is 23.2 Å². The minimum Gasteiger partial charge on any atom is -0.318 e. The minimum absolute atomic E-state index is 0.306. The van der Waals surface area contributed by atoms with Crippen molar-refractivity contribution >= 4 is 35.1 Å². The maximum atomic E-state index is 12.4. The molecule has 3 amide bonds. The summed E-state index contributed by atoms with van der Waals surface area (Å²) in [5.74, 6) is -0.316. The second-order valence-electron chi connectivity index (χ2n) is 5.16. The quantitative estimate of drug-likeness (QED) is 0.797. The first-order valence-corrected chi connectivity index (χ1v) is 7.77. The molecule has 2 heterocycles. The van der Waals surface area contributed by atoms with E-state index in [1.807, 2.05) is 6.07 Å². The summed E-state index contributed by atoms with van der Waals surface area (Å²) in [5.41, 5.74) is 1.31. The Bertz CT molecular complexity index is 732. The number of carbonyl (C=O) groups is 2. The molecule has 0 saturated carbocycles. The van der Waals surface area contributed by atoms with Crippen LogP contribution in [0.4, 0.5) is 4.79 Å². The zero-order valence-electron chi connectivity index (χ0n) is 12.1. The Kier molecular flexibility index (Phi) is 4.50. The molecule has 0 spiro atoms. The van der Waals surface area contributed by atoms with Crippen LogP contribution in [0.25, 0.3) is 0 Å². The van der Waals surface area contributed by atoms with Crippen molar-refractivity contribution < 1.29 is 9.59 Å². The standard InChI is InChI=1S/C16H13Cl2N3O2/c17-13-4-2-12(3-5-13)15(22)21-8-7-20(16(21)23)10-11-1-6-14(18)19-9-11/h1-6,9H,7-8,10H2. The average Bonchev–Trinajstić information content (AvgIpc) is 2.90. The summed E-state index contributed by atoms with van der Waals surface area (Å²) in [6, 6.07) is 9.67. The summed E-state index contributed by atoms with van der Waals surface area (Å²) >= 11 is 11.6. The third-order valence-electron chi connectivity index (χ3n) is 3.59. The molecule has 1 aliphatic heterocycles. The molecule has 1 aromatic carbocycles. The number of nitrogens with zero attached hydrogens (tertiary/aromatic N) is 3. The van der Waals surface area contributed by atoms with Gasteiger partial charge >= 0.3 is 6.03 Å². The number of urea groups is 1. The largest absolute Gasteiger partial charge is 0.327 e. The van der Waals surface area contributed by atoms with Crippen molar-refractivity contribution in [3.63, 3.8) is 0 Å². The Morgan fingerprint density at radius 3 is 2.48 bits per heavy atom. The van der Waals surface area contributed by atoms with Gasteiger partial charge < -0.3 is 4.90 Å². The smallest absolute Gasteiger partial charge is 0.318 e. The first kappa shape index (κ1) is 15.8. The van der Waals surface area contributed by atoms with Gasteiger partial charge in [0.15, 0.2) is 0 Å². The number of amides is 3. The summed E-state index contributed by atoms with van der Waals surface area (Å²) in [4.78, 5) is 31.7. The predicted octanol–water partition coefficient (Wildman–Crippen LogP) is 3.47. The van der Waals surface area contributed by atoms with E-state index < -0.39 is 0 Å². The first-order chi connectivity index (χ1) is 11.0. The minimum atomic E-state index is -0.316. The molecule has 0 unspecified atom stereocenters. The molecule has 0 N–H and O–H groups in total. The van der Waals surface area contributed by atoms with Gasteiger partial charge in [0.05, 0.1) is 0 Å². The molecular formula is C16H13Cl2N3O2. The Morgan fingerprint density at radius 2 is 1.83 bits per heavy atom. The van der Waals surface area contributed by atoms with Crippen LogP contribution in [0.2, 0.25) is 10.2 Å². The number of pyridine rings is 1. The Balaban J connectivity index is 1.69. The van der Waals surface area contributed by atoms with Gasteiger partial charge in [0.1, 0.15) is 5.15 Å². The molecule has 3 rings (SSSR count). The van der Waals surface area contributed by atoms with Crippen LogP contribution in [0.15, 0.2) is 42.6 Å². The van der Waals surface area contributed by atoms with Crippen LogP contribution in [0.5, 0.6) is 0 Å². The van der Waals surface area contributed by atoms with E-state index in [-0.39, 0.29) is 11.9 Å². The highest BCUT2D eigenvalue weighted by Crippen LogP contribution is 2.18. The molecule has 0 aliphatic carbocycles. The molecule has 0 radical (unpaired) electrons. The summed E-state index contributed by atoms with van der Waals surface area (Å²) in [6.45, 7) is 1.25. The summed E-state index contributed by atoms with van der Waals surface area (Å²) < 4.78 is 0. The molecule has 2 aromatic rings. The van der Waals surface area contributed by atoms with Crippen molar-refractivity contribution in [3.8, 4) is 0 Å². The van der Waals surface area contributed by atoms with Crippen LogP contribution in [0, 0.1) is 0 Å². The zero-order chi connectivity index (χ0) is 16.4. The maximum absolute atomic E-state index is 12.4. The number of benzene rings is 1. The number of halogens is 2. The number of hydrogen-bond acceptors (Lipinski definition) is 3. The van der Waals surface area contributed by atoms with E-state index >= 15 is 0 Å². The second kappa shape index (κ2) is 6.56. The molecule has 0 atom stereocenters. The van der Waals surface area contributed by atoms with Gasteiger partial charge in [-0.3, -0.25) is 9.69 Å². The zero-order valence-corrected chi connectivity index (χ0v) is 13.6. The van der Waals surface area contributed by atoms with Gasteiger partial charge in [-0.25, -0.2) is 9.78 Å². The molecule has 118 valence electrons. The third kappa shape index (κ3) is 3.46. The van der Waals surface area contributed by atoms with Crippen LogP contribution in [-0.2, 0) is 6.54 Å². The Hall–Kier alpha value is -2.11. The molecule has 23 heavy (non-hydrogen) atoms. The summed E-state index contributed by atoms with van der Waals surface area (Å²) in [7, 11) is 0. The van der Waals surface area contributed by atoms with Gasteiger partial charge in [-0.15, -0.1) is 0 Å². The average molecular weight is 350 g/mol. The monoisotopic (exact) mass is 349 g/mol. The van der Waals surface area contributed by atoms with E-state index in [2.05, 4.69) is 4.98 Å². The molecule has 1 aliphatic rings. The van der Waals surface area contributed by atoms with E-state index in [1.165, 1.54) is 4.90 Å². The van der Waals surface area contributed by atoms with Gasteiger partial charge in [-0.05, 0) is 35.9 Å². The molecule has 1 aromatic heterocycles. The number of imide groups is 1. The predicted molar refractivity (Wildman–Crippen MR) is 87.5 cm³/mol. The van der Waals surface area contributed by atoms with Crippen molar-refractivity contribution in [1.82, 2.24) is 14.8 Å². The van der Waals surface area contributed by atoms with Gasteiger partial charge in [0.2, 0.25) is 0 Å². The fourth-order valence-corrected chi connectivity index (χ4v) is 2.62. The van der Waals surface area contributed by atoms with Crippen molar-refractivity contribution in [2.24, 2.45) is 0 Å². The fourth-order valence-electron chi connectivity index (χ4n) is 2.39. The van der Waals surface area contributed by atoms with E-state index in [9.17, 15) is 9.59 Å². The van der Waals surface area contributed by atoms with Gasteiger partial charge in [-0.1, -0.05) is 29.3 Å². The van der Waals surface area contributed by atoms with Gasteiger partial charge in [0, 0.05) is 36.4 Å². The topological polar surface area (TPSA) is 53.5 Å². The Morgan fingerprint density at radius 1 is 1.09 bits per heavy atom. The number of hydrogen-bond donors (Lipinski definition) is 0. The van der Waals surface area contributed by atoms with Crippen molar-refractivity contribution in [2.75, 3.05) is 13.1 Å². The summed E-state index contributed by atoms with van der Waals surface area (Å²) in [6.07, 6.45) is 1.62. The maximum Gasteiger partial charge on any atom is 0.327 e. The summed E-state index contributed by atoms with van der Waals surface area (Å²) in [5, 5.41) is 0.951. The molecule has 0 bridgehead atoms. The van der Waals surface area contributed by atoms with Crippen LogP contribution in [-0.4, -0.2) is 39.8 Å². The van der Waals surface area contributed by atoms with Crippen LogP contribution in [0.3, 0.4) is 0 Å². The lowest BCUT2D eigenvalue weighted by molar-refractivity contribution is 0.0822. The normalized spacial score (nSPS) is 14.4. The SMILES string of the molecule is O=C(c1ccc(Cl)cc1)N1CCN(Cc2ccc(Cl)nc2)C1=O. The number of carbonyl (C=O) groups excluding carboxylic acids is 2. The third-order valence-corrected chi connectivity index (χ3v) is 4.07. The van der Waals surface area contributed by atoms with Crippen molar-refractivity contribution in [2.45, 2.75) is 6.54 Å². The second-order valence-corrected chi connectivity index (χ2v) is 5.98. The number of rotatable bonds is 3. The molecule has 1 saturated heterocycles. The lowest BCUT2D eigenvalue weighted by Gasteiger charge is -2.17. The molecule has 1 fully saturated rings. The van der Waals surface area contributed by atoms with Crippen LogP contribution in [0.1, 0.15) is 15.9 Å². The lowest BCUT2D eigenvalue weighted by Crippen LogP contribution is -2.36. The highest BCUT2D eigenvalue weighted by atomic mass is 35.5. The first-order valence-electron chi connectivity index (χ1n) is 7.01. The van der Waals surface area contributed by atoms with E-state index in [0.29, 0.717) is 35.4 Å². The Labute approximate surface area is 143 Å². The van der Waals surface area contributed by atoms with Crippen molar-refractivity contribution in [1.29, 1.82) is 0 Å². The van der Waals surface area contributed by atoms with Gasteiger partial charge in [0.25, 0.3) is 5.91 Å². The van der Waals surface area contributed by atoms with Crippen LogP contribution >= 0.6 is 23.2 Å². The fraction of sp³-hybridized carbons (Fsp3) is 0.188. The molecular weight excluding hydrogens is 337 g/mol. The van der Waals surface area contributed by atoms with Crippen molar-refractivity contribution in [3.05, 3.63) is 63.9 Å². The van der Waals surface area contributed by atoms with Crippen LogP contribution < -0.4 is 0 Å². The highest BCUT2D eigenvalue weighted by Gasteiger charge is 2.33. The van der Waals surface area contributed by atoms with E-state index in [0.717, 1.165) is 5.56 Å².